The Morgan fingerprint density at radius 1 is 0.947 bits per heavy atom. The van der Waals surface area contributed by atoms with Gasteiger partial charge in [-0.2, -0.15) is 0 Å². The van der Waals surface area contributed by atoms with Crippen LogP contribution in [0.4, 0.5) is 5.69 Å². The number of nitrogens with zero attached hydrogens (tertiary/aromatic N) is 1. The first kappa shape index (κ1) is 16.0. The molecule has 1 N–H and O–H groups in total. The Bertz CT molecular complexity index is 346. The summed E-state index contributed by atoms with van der Waals surface area (Å²) in [5, 5.41) is 9.84. The number of hydrogen-bond acceptors (Lipinski definition) is 2. The Balaban J connectivity index is 2.84. The molecule has 2 nitrogen and oxygen atoms in total. The summed E-state index contributed by atoms with van der Waals surface area (Å²) >= 11 is 0. The molecule has 2 heteroatoms. The summed E-state index contributed by atoms with van der Waals surface area (Å²) in [5.41, 5.74) is 2.27. The van der Waals surface area contributed by atoms with Crippen molar-refractivity contribution in [2.75, 3.05) is 18.0 Å². The molecule has 0 saturated heterocycles. The van der Waals surface area contributed by atoms with Crippen LogP contribution in [0.3, 0.4) is 0 Å². The second-order valence-electron chi connectivity index (χ2n) is 6.21. The van der Waals surface area contributed by atoms with Gasteiger partial charge in [-0.3, -0.25) is 0 Å². The van der Waals surface area contributed by atoms with Gasteiger partial charge < -0.3 is 10.0 Å². The van der Waals surface area contributed by atoms with Gasteiger partial charge in [0.2, 0.25) is 0 Å². The molecule has 0 spiro atoms. The minimum atomic E-state index is -0.335. The zero-order valence-electron chi connectivity index (χ0n) is 13.1. The maximum atomic E-state index is 9.84. The van der Waals surface area contributed by atoms with Crippen LogP contribution < -0.4 is 4.90 Å². The number of hydrogen-bond donors (Lipinski definition) is 1. The van der Waals surface area contributed by atoms with E-state index in [1.807, 2.05) is 6.92 Å². The molecule has 0 aromatic heterocycles. The van der Waals surface area contributed by atoms with E-state index >= 15 is 0 Å². The lowest BCUT2D eigenvalue weighted by atomic mass is 10.1. The van der Waals surface area contributed by atoms with Crippen LogP contribution in [-0.4, -0.2) is 18.2 Å². The monoisotopic (exact) mass is 263 g/mol. The van der Waals surface area contributed by atoms with Crippen molar-refractivity contribution in [3.63, 3.8) is 0 Å². The molecule has 0 fully saturated rings. The molecule has 0 radical (unpaired) electrons. The average Bonchev–Trinajstić information content (AvgIpc) is 2.36. The first-order chi connectivity index (χ1) is 8.93. The first-order valence-electron chi connectivity index (χ1n) is 7.47. The molecular weight excluding hydrogens is 234 g/mol. The highest BCUT2D eigenvalue weighted by molar-refractivity contribution is 5.48. The molecule has 0 heterocycles. The fourth-order valence-electron chi connectivity index (χ4n) is 2.31. The Hall–Kier alpha value is -1.02. The van der Waals surface area contributed by atoms with Crippen LogP contribution >= 0.6 is 0 Å². The van der Waals surface area contributed by atoms with E-state index in [1.165, 1.54) is 5.69 Å². The first-order valence-corrected chi connectivity index (χ1v) is 7.47. The number of rotatable bonds is 7. The van der Waals surface area contributed by atoms with Gasteiger partial charge in [0.25, 0.3) is 0 Å². The lowest BCUT2D eigenvalue weighted by Crippen LogP contribution is -2.31. The standard InChI is InChI=1S/C17H29NO/c1-6-17(19)15-7-9-16(10-8-15)18(11-13(2)3)12-14(4)5/h7-10,13-14,17,19H,6,11-12H2,1-5H3. The molecule has 1 aromatic rings. The van der Waals surface area contributed by atoms with Gasteiger partial charge in [0, 0.05) is 18.8 Å². The summed E-state index contributed by atoms with van der Waals surface area (Å²) in [5.74, 6) is 1.30. The predicted molar refractivity (Wildman–Crippen MR) is 83.6 cm³/mol. The molecule has 0 amide bonds. The number of anilines is 1. The molecule has 1 aromatic carbocycles. The Morgan fingerprint density at radius 2 is 1.42 bits per heavy atom. The van der Waals surface area contributed by atoms with E-state index in [0.29, 0.717) is 11.8 Å². The van der Waals surface area contributed by atoms with Crippen molar-refractivity contribution >= 4 is 5.69 Å². The van der Waals surface area contributed by atoms with Crippen molar-refractivity contribution in [2.45, 2.75) is 47.1 Å². The van der Waals surface area contributed by atoms with Crippen molar-refractivity contribution in [2.24, 2.45) is 11.8 Å². The lowest BCUT2D eigenvalue weighted by molar-refractivity contribution is 0.173. The minimum Gasteiger partial charge on any atom is -0.388 e. The normalized spacial score (nSPS) is 13.1. The zero-order chi connectivity index (χ0) is 14.4. The van der Waals surface area contributed by atoms with E-state index in [-0.39, 0.29) is 6.10 Å². The molecule has 108 valence electrons. The average molecular weight is 263 g/mol. The van der Waals surface area contributed by atoms with Gasteiger partial charge in [-0.1, -0.05) is 46.8 Å². The van der Waals surface area contributed by atoms with Crippen molar-refractivity contribution in [1.29, 1.82) is 0 Å². The summed E-state index contributed by atoms with van der Waals surface area (Å²) in [4.78, 5) is 2.44. The summed E-state index contributed by atoms with van der Waals surface area (Å²) in [7, 11) is 0. The summed E-state index contributed by atoms with van der Waals surface area (Å²) in [6.07, 6.45) is 0.429. The Labute approximate surface area is 118 Å². The van der Waals surface area contributed by atoms with E-state index in [9.17, 15) is 5.11 Å². The quantitative estimate of drug-likeness (QED) is 0.795. The predicted octanol–water partition coefficient (Wildman–Crippen LogP) is 4.25. The highest BCUT2D eigenvalue weighted by atomic mass is 16.3. The highest BCUT2D eigenvalue weighted by Gasteiger charge is 2.11. The topological polar surface area (TPSA) is 23.5 Å². The number of aliphatic hydroxyl groups excluding tert-OH is 1. The minimum absolute atomic E-state index is 0.335. The second kappa shape index (κ2) is 7.54. The third-order valence-electron chi connectivity index (χ3n) is 3.20. The summed E-state index contributed by atoms with van der Waals surface area (Å²) in [6, 6.07) is 8.38. The van der Waals surface area contributed by atoms with E-state index in [2.05, 4.69) is 56.9 Å². The molecule has 0 aliphatic heterocycles. The maximum absolute atomic E-state index is 9.84. The van der Waals surface area contributed by atoms with Crippen molar-refractivity contribution in [3.05, 3.63) is 29.8 Å². The number of aliphatic hydroxyl groups is 1. The molecule has 1 rings (SSSR count). The van der Waals surface area contributed by atoms with Crippen LogP contribution in [0, 0.1) is 11.8 Å². The fourth-order valence-corrected chi connectivity index (χ4v) is 2.31. The van der Waals surface area contributed by atoms with Crippen molar-refractivity contribution < 1.29 is 5.11 Å². The van der Waals surface area contributed by atoms with E-state index < -0.39 is 0 Å². The van der Waals surface area contributed by atoms with E-state index in [0.717, 1.165) is 25.1 Å². The van der Waals surface area contributed by atoms with Crippen LogP contribution in [0.1, 0.15) is 52.7 Å². The molecule has 0 aliphatic carbocycles. The summed E-state index contributed by atoms with van der Waals surface area (Å²) in [6.45, 7) is 13.2. The smallest absolute Gasteiger partial charge is 0.0787 e. The molecule has 1 atom stereocenters. The van der Waals surface area contributed by atoms with E-state index in [4.69, 9.17) is 0 Å². The van der Waals surface area contributed by atoms with E-state index in [1.54, 1.807) is 0 Å². The van der Waals surface area contributed by atoms with Gasteiger partial charge in [0.15, 0.2) is 0 Å². The molecule has 1 unspecified atom stereocenters. The summed E-state index contributed by atoms with van der Waals surface area (Å²) < 4.78 is 0. The van der Waals surface area contributed by atoms with Crippen LogP contribution in [0.5, 0.6) is 0 Å². The largest absolute Gasteiger partial charge is 0.388 e. The van der Waals surface area contributed by atoms with Crippen molar-refractivity contribution in [1.82, 2.24) is 0 Å². The molecule has 0 bridgehead atoms. The third-order valence-corrected chi connectivity index (χ3v) is 3.20. The number of benzene rings is 1. The fraction of sp³-hybridized carbons (Fsp3) is 0.647. The van der Waals surface area contributed by atoms with Crippen LogP contribution in [0.15, 0.2) is 24.3 Å². The highest BCUT2D eigenvalue weighted by Crippen LogP contribution is 2.22. The molecule has 0 aliphatic rings. The van der Waals surface area contributed by atoms with Crippen molar-refractivity contribution in [3.8, 4) is 0 Å². The maximum Gasteiger partial charge on any atom is 0.0787 e. The van der Waals surface area contributed by atoms with Gasteiger partial charge in [-0.15, -0.1) is 0 Å². The Kier molecular flexibility index (Phi) is 6.36. The van der Waals surface area contributed by atoms with Gasteiger partial charge in [0.1, 0.15) is 0 Å². The van der Waals surface area contributed by atoms with Gasteiger partial charge >= 0.3 is 0 Å². The zero-order valence-corrected chi connectivity index (χ0v) is 13.1. The second-order valence-corrected chi connectivity index (χ2v) is 6.21. The van der Waals surface area contributed by atoms with Crippen LogP contribution in [-0.2, 0) is 0 Å². The third kappa shape index (κ3) is 5.23. The Morgan fingerprint density at radius 3 is 1.79 bits per heavy atom. The lowest BCUT2D eigenvalue weighted by Gasteiger charge is -2.28. The van der Waals surface area contributed by atoms with Gasteiger partial charge in [-0.05, 0) is 36.0 Å². The molecular formula is C17H29NO. The van der Waals surface area contributed by atoms with Gasteiger partial charge in [-0.25, -0.2) is 0 Å². The van der Waals surface area contributed by atoms with Crippen LogP contribution in [0.25, 0.3) is 0 Å². The SMILES string of the molecule is CCC(O)c1ccc(N(CC(C)C)CC(C)C)cc1. The molecule has 0 saturated carbocycles. The molecule has 19 heavy (non-hydrogen) atoms. The van der Waals surface area contributed by atoms with Crippen LogP contribution in [0.2, 0.25) is 0 Å². The van der Waals surface area contributed by atoms with Gasteiger partial charge in [0.05, 0.1) is 6.10 Å².